The van der Waals surface area contributed by atoms with Gasteiger partial charge in [0.25, 0.3) is 0 Å². The second kappa shape index (κ2) is 3.65. The molecule has 112 valence electrons. The first-order valence-corrected chi connectivity index (χ1v) is 9.13. The van der Waals surface area contributed by atoms with Gasteiger partial charge >= 0.3 is 0 Å². The SMILES string of the molecule is CC(C)COC12CC3C4CC5(C)CC3C(C1)C(C5)C4C2. The molecule has 0 aromatic carbocycles. The third-order valence-corrected chi connectivity index (χ3v) is 8.03. The smallest absolute Gasteiger partial charge is 0.0691 e. The van der Waals surface area contributed by atoms with Crippen molar-refractivity contribution in [3.8, 4) is 0 Å². The Balaban J connectivity index is 1.47. The van der Waals surface area contributed by atoms with Crippen LogP contribution in [0.5, 0.6) is 0 Å². The highest BCUT2D eigenvalue weighted by molar-refractivity contribution is 5.19. The average Bonchev–Trinajstić information content (AvgIpc) is 2.41. The number of rotatable bonds is 3. The Morgan fingerprint density at radius 1 is 0.800 bits per heavy atom. The second-order valence-electron chi connectivity index (χ2n) is 9.91. The fourth-order valence-corrected chi connectivity index (χ4v) is 7.74. The maximum atomic E-state index is 6.56. The minimum absolute atomic E-state index is 0.318. The van der Waals surface area contributed by atoms with Crippen molar-refractivity contribution in [2.45, 2.75) is 64.9 Å². The molecule has 0 saturated heterocycles. The molecule has 0 spiro atoms. The summed E-state index contributed by atoms with van der Waals surface area (Å²) in [6.45, 7) is 8.19. The van der Waals surface area contributed by atoms with Gasteiger partial charge in [0.15, 0.2) is 0 Å². The van der Waals surface area contributed by atoms with Gasteiger partial charge in [0.2, 0.25) is 0 Å². The molecule has 0 aromatic rings. The molecule has 7 saturated carbocycles. The van der Waals surface area contributed by atoms with Gasteiger partial charge in [0.1, 0.15) is 0 Å². The molecule has 7 aliphatic carbocycles. The highest BCUT2D eigenvalue weighted by Gasteiger charge is 2.69. The molecule has 1 heteroatoms. The standard InChI is InChI=1S/C19H30O/c1-11(2)10-20-19-7-15-12-4-18(3)5-13(15)17(9-19)14(6-18)16(12)8-19/h11-17H,4-10H2,1-3H3. The Bertz CT molecular complexity index is 374. The van der Waals surface area contributed by atoms with Gasteiger partial charge < -0.3 is 4.74 Å². The first-order valence-electron chi connectivity index (χ1n) is 9.13. The lowest BCUT2D eigenvalue weighted by atomic mass is 9.32. The third kappa shape index (κ3) is 1.44. The van der Waals surface area contributed by atoms with Crippen LogP contribution in [0, 0.1) is 46.8 Å². The van der Waals surface area contributed by atoms with E-state index in [9.17, 15) is 0 Å². The first-order chi connectivity index (χ1) is 9.49. The van der Waals surface area contributed by atoms with Crippen LogP contribution in [0.2, 0.25) is 0 Å². The van der Waals surface area contributed by atoms with Crippen molar-refractivity contribution < 1.29 is 4.74 Å². The van der Waals surface area contributed by atoms with Crippen molar-refractivity contribution in [3.63, 3.8) is 0 Å². The summed E-state index contributed by atoms with van der Waals surface area (Å²) in [6.07, 6.45) is 8.94. The lowest BCUT2D eigenvalue weighted by molar-refractivity contribution is -0.285. The van der Waals surface area contributed by atoms with E-state index in [1.54, 1.807) is 19.3 Å². The summed E-state index contributed by atoms with van der Waals surface area (Å²) in [4.78, 5) is 0. The van der Waals surface area contributed by atoms with Gasteiger partial charge in [0.05, 0.1) is 5.60 Å². The lowest BCUT2D eigenvalue weighted by Gasteiger charge is -2.74. The van der Waals surface area contributed by atoms with Gasteiger partial charge in [0, 0.05) is 6.61 Å². The Labute approximate surface area is 123 Å². The van der Waals surface area contributed by atoms with Crippen LogP contribution in [0.15, 0.2) is 0 Å². The Morgan fingerprint density at radius 3 is 1.60 bits per heavy atom. The Hall–Kier alpha value is -0.0400. The van der Waals surface area contributed by atoms with E-state index < -0.39 is 0 Å². The minimum Gasteiger partial charge on any atom is -0.375 e. The van der Waals surface area contributed by atoms with Crippen molar-refractivity contribution in [3.05, 3.63) is 0 Å². The van der Waals surface area contributed by atoms with Gasteiger partial charge in [-0.15, -0.1) is 0 Å². The molecule has 0 heterocycles. The monoisotopic (exact) mass is 274 g/mol. The molecular weight excluding hydrogens is 244 g/mol. The molecule has 0 N–H and O–H groups in total. The van der Waals surface area contributed by atoms with Crippen LogP contribution in [-0.2, 0) is 4.74 Å². The molecule has 0 unspecified atom stereocenters. The zero-order chi connectivity index (χ0) is 13.7. The van der Waals surface area contributed by atoms with Gasteiger partial charge in [-0.25, -0.2) is 0 Å². The number of hydrogen-bond acceptors (Lipinski definition) is 1. The molecule has 0 radical (unpaired) electrons. The maximum absolute atomic E-state index is 6.56. The van der Waals surface area contributed by atoms with Crippen molar-refractivity contribution in [1.82, 2.24) is 0 Å². The topological polar surface area (TPSA) is 9.23 Å². The van der Waals surface area contributed by atoms with Crippen molar-refractivity contribution in [2.75, 3.05) is 6.61 Å². The summed E-state index contributed by atoms with van der Waals surface area (Å²) in [5.74, 6) is 7.09. The summed E-state index contributed by atoms with van der Waals surface area (Å²) in [5, 5.41) is 0. The van der Waals surface area contributed by atoms with Crippen LogP contribution in [-0.4, -0.2) is 12.2 Å². The summed E-state index contributed by atoms with van der Waals surface area (Å²) in [6, 6.07) is 0. The van der Waals surface area contributed by atoms with Crippen LogP contribution < -0.4 is 0 Å². The highest BCUT2D eigenvalue weighted by Crippen LogP contribution is 2.75. The molecule has 1 nitrogen and oxygen atoms in total. The molecule has 0 amide bonds. The quantitative estimate of drug-likeness (QED) is 0.736. The van der Waals surface area contributed by atoms with E-state index >= 15 is 0 Å². The second-order valence-corrected chi connectivity index (χ2v) is 9.91. The van der Waals surface area contributed by atoms with Crippen LogP contribution in [0.25, 0.3) is 0 Å². The van der Waals surface area contributed by atoms with Gasteiger partial charge in [-0.3, -0.25) is 0 Å². The average molecular weight is 274 g/mol. The maximum Gasteiger partial charge on any atom is 0.0691 e. The zero-order valence-electron chi connectivity index (χ0n) is 13.4. The Kier molecular flexibility index (Phi) is 2.28. The summed E-state index contributed by atoms with van der Waals surface area (Å²) in [7, 11) is 0. The van der Waals surface area contributed by atoms with Crippen LogP contribution >= 0.6 is 0 Å². The summed E-state index contributed by atoms with van der Waals surface area (Å²) >= 11 is 0. The van der Waals surface area contributed by atoms with Crippen LogP contribution in [0.1, 0.15) is 59.3 Å². The van der Waals surface area contributed by atoms with E-state index in [-0.39, 0.29) is 0 Å². The molecule has 0 aromatic heterocycles. The normalized spacial score (nSPS) is 61.8. The molecular formula is C19H30O. The van der Waals surface area contributed by atoms with Crippen molar-refractivity contribution in [2.24, 2.45) is 46.8 Å². The fraction of sp³-hybridized carbons (Fsp3) is 1.00. The molecule has 20 heavy (non-hydrogen) atoms. The van der Waals surface area contributed by atoms with Crippen molar-refractivity contribution >= 4 is 0 Å². The third-order valence-electron chi connectivity index (χ3n) is 8.03. The molecule has 0 atom stereocenters. The fourth-order valence-electron chi connectivity index (χ4n) is 7.74. The van der Waals surface area contributed by atoms with Gasteiger partial charge in [-0.2, -0.15) is 0 Å². The van der Waals surface area contributed by atoms with Gasteiger partial charge in [-0.1, -0.05) is 20.8 Å². The zero-order valence-corrected chi connectivity index (χ0v) is 13.4. The van der Waals surface area contributed by atoms with E-state index in [1.807, 2.05) is 0 Å². The summed E-state index contributed by atoms with van der Waals surface area (Å²) < 4.78 is 6.56. The summed E-state index contributed by atoms with van der Waals surface area (Å²) in [5.41, 5.74) is 1.05. The van der Waals surface area contributed by atoms with E-state index in [4.69, 9.17) is 4.74 Å². The lowest BCUT2D eigenvalue weighted by Crippen LogP contribution is -2.69. The van der Waals surface area contributed by atoms with Crippen LogP contribution in [0.3, 0.4) is 0 Å². The molecule has 7 aliphatic rings. The van der Waals surface area contributed by atoms with Gasteiger partial charge in [-0.05, 0) is 85.4 Å². The minimum atomic E-state index is 0.318. The van der Waals surface area contributed by atoms with E-state index in [0.29, 0.717) is 11.5 Å². The molecule has 0 aliphatic heterocycles. The van der Waals surface area contributed by atoms with E-state index in [2.05, 4.69) is 20.8 Å². The number of ether oxygens (including phenoxy) is 1. The van der Waals surface area contributed by atoms with E-state index in [1.165, 1.54) is 19.3 Å². The predicted molar refractivity (Wildman–Crippen MR) is 80.3 cm³/mol. The molecule has 8 bridgehead atoms. The first kappa shape index (κ1) is 12.5. The molecule has 7 fully saturated rings. The number of hydrogen-bond donors (Lipinski definition) is 0. The largest absolute Gasteiger partial charge is 0.375 e. The van der Waals surface area contributed by atoms with Crippen LogP contribution in [0.4, 0.5) is 0 Å². The van der Waals surface area contributed by atoms with Crippen molar-refractivity contribution in [1.29, 1.82) is 0 Å². The van der Waals surface area contributed by atoms with E-state index in [0.717, 1.165) is 47.5 Å². The highest BCUT2D eigenvalue weighted by atomic mass is 16.5. The predicted octanol–water partition coefficient (Wildman–Crippen LogP) is 4.51. The molecule has 7 rings (SSSR count). The Morgan fingerprint density at radius 2 is 1.20 bits per heavy atom.